The molecule has 3 aromatic rings. The van der Waals surface area contributed by atoms with Crippen molar-refractivity contribution in [2.24, 2.45) is 0 Å². The number of likely N-dealkylation sites (N-methyl/N-ethyl adjacent to an activating group) is 1. The summed E-state index contributed by atoms with van der Waals surface area (Å²) in [4.78, 5) is 32.7. The van der Waals surface area contributed by atoms with E-state index in [1.807, 2.05) is 44.4 Å². The van der Waals surface area contributed by atoms with Gasteiger partial charge in [-0.3, -0.25) is 10.1 Å². The van der Waals surface area contributed by atoms with Crippen LogP contribution >= 0.6 is 11.3 Å². The fourth-order valence-electron chi connectivity index (χ4n) is 2.64. The standard InChI is InChI=1S/C20H24N8OS/c1-28(2)11-10-21-18-24-16(13-6-4-3-5-7-13)25-19(26-18)27-20-22-12-15(30-20)17(29)23-14-8-9-14/h3-7,12,14H,8-11H2,1-2H3,(H,23,29)(H2,21,22,24,25,26,27). The number of hydrogen-bond donors (Lipinski definition) is 3. The second-order valence-electron chi connectivity index (χ2n) is 7.30. The van der Waals surface area contributed by atoms with Crippen molar-refractivity contribution in [1.29, 1.82) is 0 Å². The smallest absolute Gasteiger partial charge is 0.263 e. The molecule has 156 valence electrons. The fourth-order valence-corrected chi connectivity index (χ4v) is 3.35. The lowest BCUT2D eigenvalue weighted by atomic mass is 10.2. The minimum absolute atomic E-state index is 0.0882. The number of thiazole rings is 1. The normalized spacial score (nSPS) is 13.3. The van der Waals surface area contributed by atoms with Crippen LogP contribution < -0.4 is 16.0 Å². The molecule has 9 nitrogen and oxygen atoms in total. The van der Waals surface area contributed by atoms with Gasteiger partial charge < -0.3 is 15.5 Å². The van der Waals surface area contributed by atoms with E-state index in [-0.39, 0.29) is 5.91 Å². The summed E-state index contributed by atoms with van der Waals surface area (Å²) < 4.78 is 0. The molecule has 1 saturated carbocycles. The summed E-state index contributed by atoms with van der Waals surface area (Å²) in [6.07, 6.45) is 3.67. The zero-order valence-electron chi connectivity index (χ0n) is 16.9. The Morgan fingerprint density at radius 2 is 1.90 bits per heavy atom. The summed E-state index contributed by atoms with van der Waals surface area (Å²) >= 11 is 1.27. The van der Waals surface area contributed by atoms with Gasteiger partial charge in [0.15, 0.2) is 11.0 Å². The maximum absolute atomic E-state index is 12.2. The van der Waals surface area contributed by atoms with E-state index >= 15 is 0 Å². The highest BCUT2D eigenvalue weighted by molar-refractivity contribution is 7.17. The first kappa shape index (κ1) is 20.2. The molecular formula is C20H24N8OS. The van der Waals surface area contributed by atoms with E-state index in [0.29, 0.717) is 40.3 Å². The van der Waals surface area contributed by atoms with Gasteiger partial charge in [-0.15, -0.1) is 0 Å². The number of nitrogens with zero attached hydrogens (tertiary/aromatic N) is 5. The summed E-state index contributed by atoms with van der Waals surface area (Å²) in [6.45, 7) is 1.55. The third kappa shape index (κ3) is 5.49. The van der Waals surface area contributed by atoms with Gasteiger partial charge >= 0.3 is 0 Å². The van der Waals surface area contributed by atoms with Crippen LogP contribution in [0.5, 0.6) is 0 Å². The molecule has 4 rings (SSSR count). The average Bonchev–Trinajstić information content (AvgIpc) is 3.43. The number of anilines is 3. The van der Waals surface area contributed by atoms with Crippen LogP contribution in [0.2, 0.25) is 0 Å². The largest absolute Gasteiger partial charge is 0.353 e. The monoisotopic (exact) mass is 424 g/mol. The lowest BCUT2D eigenvalue weighted by Gasteiger charge is -2.12. The van der Waals surface area contributed by atoms with E-state index < -0.39 is 0 Å². The summed E-state index contributed by atoms with van der Waals surface area (Å²) in [5, 5.41) is 9.88. The number of carbonyl (C=O) groups excluding carboxylic acids is 1. The summed E-state index contributed by atoms with van der Waals surface area (Å²) in [5.74, 6) is 1.33. The first-order valence-electron chi connectivity index (χ1n) is 9.80. The maximum Gasteiger partial charge on any atom is 0.263 e. The van der Waals surface area contributed by atoms with Crippen LogP contribution in [0.3, 0.4) is 0 Å². The predicted octanol–water partition coefficient (Wildman–Crippen LogP) is 2.60. The number of nitrogens with one attached hydrogen (secondary N) is 3. The van der Waals surface area contributed by atoms with Crippen molar-refractivity contribution in [3.63, 3.8) is 0 Å². The van der Waals surface area contributed by atoms with Crippen LogP contribution in [-0.4, -0.2) is 64.0 Å². The van der Waals surface area contributed by atoms with Crippen molar-refractivity contribution < 1.29 is 4.79 Å². The zero-order chi connectivity index (χ0) is 20.9. The van der Waals surface area contributed by atoms with Gasteiger partial charge in [0.1, 0.15) is 4.88 Å². The number of carbonyl (C=O) groups is 1. The number of rotatable bonds is 9. The first-order valence-corrected chi connectivity index (χ1v) is 10.6. The molecule has 1 fully saturated rings. The Balaban J connectivity index is 1.53. The van der Waals surface area contributed by atoms with Crippen molar-refractivity contribution in [3.8, 4) is 11.4 Å². The van der Waals surface area contributed by atoms with Crippen LogP contribution in [0.15, 0.2) is 36.5 Å². The minimum atomic E-state index is -0.0882. The quantitative estimate of drug-likeness (QED) is 0.481. The molecule has 0 atom stereocenters. The molecule has 30 heavy (non-hydrogen) atoms. The Labute approximate surface area is 179 Å². The molecule has 0 bridgehead atoms. The second-order valence-corrected chi connectivity index (χ2v) is 8.34. The maximum atomic E-state index is 12.2. The van der Waals surface area contributed by atoms with Crippen molar-refractivity contribution in [1.82, 2.24) is 30.2 Å². The summed E-state index contributed by atoms with van der Waals surface area (Å²) in [7, 11) is 4.02. The van der Waals surface area contributed by atoms with E-state index in [1.54, 1.807) is 6.20 Å². The van der Waals surface area contributed by atoms with Crippen LogP contribution in [-0.2, 0) is 0 Å². The number of amides is 1. The molecule has 10 heteroatoms. The van der Waals surface area contributed by atoms with Gasteiger partial charge in [-0.2, -0.15) is 15.0 Å². The van der Waals surface area contributed by atoms with E-state index in [0.717, 1.165) is 24.9 Å². The number of aromatic nitrogens is 4. The van der Waals surface area contributed by atoms with Gasteiger partial charge in [0, 0.05) is 24.7 Å². The topological polar surface area (TPSA) is 108 Å². The molecule has 3 N–H and O–H groups in total. The molecule has 0 aliphatic heterocycles. The van der Waals surface area contributed by atoms with Gasteiger partial charge in [0.2, 0.25) is 11.9 Å². The van der Waals surface area contributed by atoms with E-state index in [9.17, 15) is 4.79 Å². The van der Waals surface area contributed by atoms with Gasteiger partial charge in [-0.05, 0) is 26.9 Å². The summed E-state index contributed by atoms with van der Waals surface area (Å²) in [5.41, 5.74) is 0.891. The lowest BCUT2D eigenvalue weighted by molar-refractivity contribution is 0.0955. The Morgan fingerprint density at radius 1 is 1.13 bits per heavy atom. The van der Waals surface area contributed by atoms with Crippen molar-refractivity contribution >= 4 is 34.3 Å². The van der Waals surface area contributed by atoms with Crippen LogP contribution in [0.1, 0.15) is 22.5 Å². The highest BCUT2D eigenvalue weighted by Gasteiger charge is 2.24. The molecule has 1 aliphatic carbocycles. The molecule has 0 radical (unpaired) electrons. The van der Waals surface area contributed by atoms with Crippen molar-refractivity contribution in [2.75, 3.05) is 37.8 Å². The molecular weight excluding hydrogens is 400 g/mol. The van der Waals surface area contributed by atoms with E-state index in [1.165, 1.54) is 11.3 Å². The fraction of sp³-hybridized carbons (Fsp3) is 0.350. The molecule has 1 amide bonds. The highest BCUT2D eigenvalue weighted by atomic mass is 32.1. The van der Waals surface area contributed by atoms with Gasteiger partial charge in [-0.25, -0.2) is 4.98 Å². The lowest BCUT2D eigenvalue weighted by Crippen LogP contribution is -2.24. The molecule has 0 unspecified atom stereocenters. The SMILES string of the molecule is CN(C)CCNc1nc(Nc2ncc(C(=O)NC3CC3)s2)nc(-c2ccccc2)n1. The Kier molecular flexibility index (Phi) is 6.15. The van der Waals surface area contributed by atoms with Gasteiger partial charge in [0.05, 0.1) is 6.20 Å². The van der Waals surface area contributed by atoms with Gasteiger partial charge in [0.25, 0.3) is 5.91 Å². The van der Waals surface area contributed by atoms with Crippen molar-refractivity contribution in [3.05, 3.63) is 41.4 Å². The number of hydrogen-bond acceptors (Lipinski definition) is 9. The molecule has 0 saturated heterocycles. The average molecular weight is 425 g/mol. The zero-order valence-corrected chi connectivity index (χ0v) is 17.7. The molecule has 2 aromatic heterocycles. The second kappa shape index (κ2) is 9.14. The van der Waals surface area contributed by atoms with Gasteiger partial charge in [-0.1, -0.05) is 41.7 Å². The summed E-state index contributed by atoms with van der Waals surface area (Å²) in [6, 6.07) is 10.0. The van der Waals surface area contributed by atoms with Crippen LogP contribution in [0.4, 0.5) is 17.0 Å². The molecule has 1 aliphatic rings. The van der Waals surface area contributed by atoms with Crippen LogP contribution in [0, 0.1) is 0 Å². The van der Waals surface area contributed by atoms with E-state index in [4.69, 9.17) is 0 Å². The van der Waals surface area contributed by atoms with Crippen LogP contribution in [0.25, 0.3) is 11.4 Å². The predicted molar refractivity (Wildman–Crippen MR) is 118 cm³/mol. The number of benzene rings is 1. The minimum Gasteiger partial charge on any atom is -0.353 e. The Bertz CT molecular complexity index is 1000. The molecule has 2 heterocycles. The first-order chi connectivity index (χ1) is 14.6. The van der Waals surface area contributed by atoms with E-state index in [2.05, 4.69) is 40.8 Å². The Morgan fingerprint density at radius 3 is 2.63 bits per heavy atom. The Hall–Kier alpha value is -3.11. The molecule has 0 spiro atoms. The highest BCUT2D eigenvalue weighted by Crippen LogP contribution is 2.25. The third-order valence-electron chi connectivity index (χ3n) is 4.37. The van der Waals surface area contributed by atoms with Crippen molar-refractivity contribution in [2.45, 2.75) is 18.9 Å². The third-order valence-corrected chi connectivity index (χ3v) is 5.28. The molecule has 1 aromatic carbocycles.